The number of hydrogen-bond acceptors (Lipinski definition) is 5. The second-order valence-corrected chi connectivity index (χ2v) is 13.9. The number of ether oxygens (including phenoxy) is 1. The fraction of sp³-hybridized carbons (Fsp3) is 0.355. The molecule has 1 amide bonds. The van der Waals surface area contributed by atoms with Crippen molar-refractivity contribution in [1.29, 1.82) is 0 Å². The van der Waals surface area contributed by atoms with E-state index in [0.717, 1.165) is 4.31 Å². The molecule has 8 nitrogen and oxygen atoms in total. The quantitative estimate of drug-likeness (QED) is 0.249. The van der Waals surface area contributed by atoms with E-state index in [2.05, 4.69) is 0 Å². The van der Waals surface area contributed by atoms with Crippen LogP contribution in [-0.2, 0) is 24.3 Å². The lowest BCUT2D eigenvalue weighted by atomic mass is 9.89. The Labute approximate surface area is 261 Å². The van der Waals surface area contributed by atoms with Crippen LogP contribution in [0.4, 0.5) is 10.1 Å². The van der Waals surface area contributed by atoms with Crippen molar-refractivity contribution in [3.8, 4) is 0 Å². The lowest BCUT2D eigenvalue weighted by Gasteiger charge is -2.48. The van der Waals surface area contributed by atoms with Gasteiger partial charge in [0.25, 0.3) is 5.91 Å². The highest BCUT2D eigenvalue weighted by atomic mass is 35.5. The van der Waals surface area contributed by atoms with Gasteiger partial charge < -0.3 is 14.7 Å². The second-order valence-electron chi connectivity index (χ2n) is 10.6. The Morgan fingerprint density at radius 2 is 1.70 bits per heavy atom. The Morgan fingerprint density at radius 3 is 2.28 bits per heavy atom. The van der Waals surface area contributed by atoms with Gasteiger partial charge in [-0.15, -0.1) is 0 Å². The topological polar surface area (TPSA) is 104 Å². The van der Waals surface area contributed by atoms with Crippen molar-refractivity contribution in [2.45, 2.75) is 63.2 Å². The molecule has 1 saturated heterocycles. The summed E-state index contributed by atoms with van der Waals surface area (Å²) in [7, 11) is -4.07. The van der Waals surface area contributed by atoms with Crippen LogP contribution in [0.15, 0.2) is 72.8 Å². The highest BCUT2D eigenvalue weighted by Gasteiger charge is 2.48. The summed E-state index contributed by atoms with van der Waals surface area (Å²) in [4.78, 5) is 27.5. The molecule has 12 heteroatoms. The maximum absolute atomic E-state index is 15.1. The summed E-state index contributed by atoms with van der Waals surface area (Å²) < 4.78 is 49.6. The average molecular weight is 652 g/mol. The molecule has 0 aromatic heterocycles. The second kappa shape index (κ2) is 13.6. The summed E-state index contributed by atoms with van der Waals surface area (Å²) in [5, 5.41) is 9.64. The van der Waals surface area contributed by atoms with Crippen molar-refractivity contribution in [3.05, 3.63) is 99.8 Å². The first-order valence-electron chi connectivity index (χ1n) is 13.8. The van der Waals surface area contributed by atoms with Gasteiger partial charge in [0.15, 0.2) is 0 Å². The van der Waals surface area contributed by atoms with Crippen molar-refractivity contribution in [2.75, 3.05) is 10.8 Å². The number of rotatable bonds is 11. The van der Waals surface area contributed by atoms with Gasteiger partial charge in [-0.3, -0.25) is 13.9 Å². The molecule has 4 atom stereocenters. The van der Waals surface area contributed by atoms with Gasteiger partial charge in [0, 0.05) is 10.0 Å². The van der Waals surface area contributed by atoms with Gasteiger partial charge in [-0.1, -0.05) is 66.5 Å². The number of morpholine rings is 1. The molecule has 0 aliphatic carbocycles. The molecule has 1 N–H and O–H groups in total. The van der Waals surface area contributed by atoms with Crippen LogP contribution in [0.5, 0.6) is 0 Å². The van der Waals surface area contributed by atoms with Gasteiger partial charge in [-0.05, 0) is 67.8 Å². The first kappa shape index (κ1) is 32.7. The van der Waals surface area contributed by atoms with Gasteiger partial charge in [0.1, 0.15) is 18.0 Å². The SMILES string of the molecule is CCC(CN(c1ccccc1F)S(=O)(=O)C(C)C)N1C(=O)[C@H](CC(=O)O)OC(c2cccc(Cl)c2)[C@H]1c1ccc(Cl)cc1. The van der Waals surface area contributed by atoms with Gasteiger partial charge in [-0.2, -0.15) is 0 Å². The average Bonchev–Trinajstić information content (AvgIpc) is 2.95. The number of para-hydroxylation sites is 1. The Morgan fingerprint density at radius 1 is 1.02 bits per heavy atom. The van der Waals surface area contributed by atoms with E-state index in [1.54, 1.807) is 55.5 Å². The molecule has 1 aliphatic rings. The first-order valence-corrected chi connectivity index (χ1v) is 16.1. The maximum atomic E-state index is 15.1. The number of benzene rings is 3. The van der Waals surface area contributed by atoms with E-state index in [9.17, 15) is 23.1 Å². The number of carbonyl (C=O) groups excluding carboxylic acids is 1. The Kier molecular flexibility index (Phi) is 10.4. The number of hydrogen-bond donors (Lipinski definition) is 1. The first-order chi connectivity index (χ1) is 20.3. The smallest absolute Gasteiger partial charge is 0.306 e. The van der Waals surface area contributed by atoms with E-state index in [-0.39, 0.29) is 18.7 Å². The predicted molar refractivity (Wildman–Crippen MR) is 164 cm³/mol. The van der Waals surface area contributed by atoms with E-state index >= 15 is 4.39 Å². The predicted octanol–water partition coefficient (Wildman–Crippen LogP) is 6.64. The highest BCUT2D eigenvalue weighted by molar-refractivity contribution is 7.93. The largest absolute Gasteiger partial charge is 0.481 e. The Hall–Kier alpha value is -3.18. The normalized spacial score (nSPS) is 19.8. The van der Waals surface area contributed by atoms with E-state index in [0.29, 0.717) is 21.2 Å². The summed E-state index contributed by atoms with van der Waals surface area (Å²) in [5.74, 6) is -2.59. The third kappa shape index (κ3) is 7.15. The zero-order valence-electron chi connectivity index (χ0n) is 23.9. The molecule has 0 radical (unpaired) electrons. The number of anilines is 1. The molecule has 0 spiro atoms. The van der Waals surface area contributed by atoms with Crippen LogP contribution in [-0.4, -0.2) is 54.2 Å². The molecule has 2 unspecified atom stereocenters. The van der Waals surface area contributed by atoms with E-state index in [4.69, 9.17) is 27.9 Å². The molecule has 0 bridgehead atoms. The molecule has 3 aromatic rings. The van der Waals surface area contributed by atoms with Gasteiger partial charge in [0.2, 0.25) is 10.0 Å². The lowest BCUT2D eigenvalue weighted by molar-refractivity contribution is -0.183. The molecule has 4 rings (SSSR count). The summed E-state index contributed by atoms with van der Waals surface area (Å²) in [5.41, 5.74) is 1.07. The van der Waals surface area contributed by atoms with Crippen LogP contribution in [0, 0.1) is 5.82 Å². The summed E-state index contributed by atoms with van der Waals surface area (Å²) in [6.45, 7) is 4.50. The summed E-state index contributed by atoms with van der Waals surface area (Å²) >= 11 is 12.5. The molecule has 43 heavy (non-hydrogen) atoms. The molecule has 1 fully saturated rings. The maximum Gasteiger partial charge on any atom is 0.306 e. The molecular formula is C31H33Cl2FN2O6S. The van der Waals surface area contributed by atoms with Crippen LogP contribution in [0.3, 0.4) is 0 Å². The van der Waals surface area contributed by atoms with Crippen LogP contribution in [0.25, 0.3) is 0 Å². The van der Waals surface area contributed by atoms with Gasteiger partial charge in [0.05, 0.1) is 36.0 Å². The van der Waals surface area contributed by atoms with Crippen LogP contribution in [0.2, 0.25) is 10.0 Å². The van der Waals surface area contributed by atoms with Crippen LogP contribution < -0.4 is 4.31 Å². The van der Waals surface area contributed by atoms with Crippen molar-refractivity contribution in [3.63, 3.8) is 0 Å². The minimum atomic E-state index is -4.07. The fourth-order valence-corrected chi connectivity index (χ4v) is 6.89. The number of carboxylic acids is 1. The third-order valence-electron chi connectivity index (χ3n) is 7.44. The molecular weight excluding hydrogens is 618 g/mol. The third-order valence-corrected chi connectivity index (χ3v) is 10.1. The van der Waals surface area contributed by atoms with Crippen molar-refractivity contribution in [2.24, 2.45) is 0 Å². The number of aliphatic carboxylic acids is 1. The Balaban J connectivity index is 1.91. The number of carbonyl (C=O) groups is 2. The highest BCUT2D eigenvalue weighted by Crippen LogP contribution is 2.45. The van der Waals surface area contributed by atoms with E-state index < -0.39 is 63.7 Å². The molecule has 0 saturated carbocycles. The molecule has 1 aliphatic heterocycles. The molecule has 3 aromatic carbocycles. The number of nitrogens with zero attached hydrogens (tertiary/aromatic N) is 2. The van der Waals surface area contributed by atoms with Crippen LogP contribution >= 0.6 is 23.2 Å². The molecule has 230 valence electrons. The standard InChI is InChI=1S/C31H33Cl2FN2O6S/c1-4-24(18-35(43(40,41)19(2)3)26-11-6-5-10-25(26)34)36-29(20-12-14-22(32)15-13-20)30(21-8-7-9-23(33)16-21)42-27(31(36)39)17-28(37)38/h5-16,19,24,27,29-30H,4,17-18H2,1-3H3,(H,37,38)/t24?,27-,29+,30?/m0/s1. The van der Waals surface area contributed by atoms with E-state index in [1.165, 1.54) is 43.0 Å². The minimum Gasteiger partial charge on any atom is -0.481 e. The Bertz CT molecular complexity index is 1570. The lowest BCUT2D eigenvalue weighted by Crippen LogP contribution is -2.58. The fourth-order valence-electron chi connectivity index (χ4n) is 5.25. The minimum absolute atomic E-state index is 0.146. The van der Waals surface area contributed by atoms with Gasteiger partial charge >= 0.3 is 5.97 Å². The monoisotopic (exact) mass is 650 g/mol. The van der Waals surface area contributed by atoms with Gasteiger partial charge in [-0.25, -0.2) is 12.8 Å². The number of amides is 1. The van der Waals surface area contributed by atoms with Crippen molar-refractivity contribution < 1.29 is 32.2 Å². The van der Waals surface area contributed by atoms with Crippen LogP contribution in [0.1, 0.15) is 56.9 Å². The van der Waals surface area contributed by atoms with E-state index in [1.807, 2.05) is 0 Å². The zero-order chi connectivity index (χ0) is 31.5. The molecule has 1 heterocycles. The summed E-state index contributed by atoms with van der Waals surface area (Å²) in [6, 6.07) is 17.5. The van der Waals surface area contributed by atoms with Crippen molar-refractivity contribution >= 4 is 50.8 Å². The summed E-state index contributed by atoms with van der Waals surface area (Å²) in [6.07, 6.45) is -2.60. The number of sulfonamides is 1. The number of carboxylic acid groups (broad SMARTS) is 1. The number of halogens is 3. The zero-order valence-corrected chi connectivity index (χ0v) is 26.2. The van der Waals surface area contributed by atoms with Crippen molar-refractivity contribution in [1.82, 2.24) is 4.90 Å².